The summed E-state index contributed by atoms with van der Waals surface area (Å²) in [7, 11) is 0. The number of amides is 2. The Labute approximate surface area is 189 Å². The first-order chi connectivity index (χ1) is 15.6. The third kappa shape index (κ3) is 5.67. The maximum absolute atomic E-state index is 13.8. The van der Waals surface area contributed by atoms with Crippen molar-refractivity contribution in [1.29, 1.82) is 0 Å². The molecule has 2 fully saturated rings. The Kier molecular flexibility index (Phi) is 7.40. The molecular weight excluding hydrogens is 407 g/mol. The van der Waals surface area contributed by atoms with Gasteiger partial charge in [-0.2, -0.15) is 0 Å². The Morgan fingerprint density at radius 1 is 0.875 bits per heavy atom. The van der Waals surface area contributed by atoms with Crippen molar-refractivity contribution < 1.29 is 18.7 Å². The molecule has 0 aromatic heterocycles. The van der Waals surface area contributed by atoms with Gasteiger partial charge >= 0.3 is 0 Å². The number of hydrogen-bond acceptors (Lipinski definition) is 3. The summed E-state index contributed by atoms with van der Waals surface area (Å²) in [6, 6.07) is 13.9. The highest BCUT2D eigenvalue weighted by Crippen LogP contribution is 2.22. The number of ether oxygens (including phenoxy) is 1. The summed E-state index contributed by atoms with van der Waals surface area (Å²) in [5, 5.41) is 0. The molecule has 2 saturated heterocycles. The molecule has 170 valence electrons. The number of nitrogens with zero attached hydrogens (tertiary/aromatic N) is 2. The number of likely N-dealkylation sites (tertiary alicyclic amines) is 2. The average molecular weight is 439 g/mol. The minimum absolute atomic E-state index is 0.0246. The lowest BCUT2D eigenvalue weighted by atomic mass is 9.97. The minimum Gasteiger partial charge on any atom is -0.493 e. The van der Waals surface area contributed by atoms with Crippen LogP contribution < -0.4 is 4.74 Å². The molecule has 0 unspecified atom stereocenters. The van der Waals surface area contributed by atoms with E-state index >= 15 is 0 Å². The molecular formula is C26H31FN2O3. The molecule has 2 aliphatic rings. The van der Waals surface area contributed by atoms with E-state index in [0.29, 0.717) is 36.7 Å². The predicted molar refractivity (Wildman–Crippen MR) is 121 cm³/mol. The highest BCUT2D eigenvalue weighted by molar-refractivity contribution is 5.94. The first-order valence-electron chi connectivity index (χ1n) is 11.6. The van der Waals surface area contributed by atoms with Gasteiger partial charge in [-0.25, -0.2) is 4.39 Å². The summed E-state index contributed by atoms with van der Waals surface area (Å²) in [5.74, 6) is 0.889. The Morgan fingerprint density at radius 3 is 2.25 bits per heavy atom. The fourth-order valence-corrected chi connectivity index (χ4v) is 4.45. The molecule has 5 nitrogen and oxygen atoms in total. The minimum atomic E-state index is -0.326. The van der Waals surface area contributed by atoms with E-state index in [1.54, 1.807) is 18.2 Å². The zero-order valence-corrected chi connectivity index (χ0v) is 18.5. The number of benzene rings is 2. The lowest BCUT2D eigenvalue weighted by Gasteiger charge is -2.32. The standard InChI is InChI=1S/C26H31FN2O3/c27-24-7-3-2-6-22(24)18-25(30)28-16-12-20(13-17-28)19-32-23-10-8-21(9-11-23)26(31)29-14-4-1-5-15-29/h2-3,6-11,20H,1,4-5,12-19H2. The molecule has 32 heavy (non-hydrogen) atoms. The van der Waals surface area contributed by atoms with Crippen LogP contribution in [0.15, 0.2) is 48.5 Å². The second kappa shape index (κ2) is 10.6. The van der Waals surface area contributed by atoms with E-state index in [0.717, 1.165) is 44.5 Å². The van der Waals surface area contributed by atoms with Gasteiger partial charge in [0.15, 0.2) is 0 Å². The van der Waals surface area contributed by atoms with Crippen LogP contribution in [0, 0.1) is 11.7 Å². The van der Waals surface area contributed by atoms with Crippen LogP contribution in [0.4, 0.5) is 4.39 Å². The van der Waals surface area contributed by atoms with E-state index in [1.807, 2.05) is 34.1 Å². The lowest BCUT2D eigenvalue weighted by Crippen LogP contribution is -2.40. The highest BCUT2D eigenvalue weighted by atomic mass is 19.1. The van der Waals surface area contributed by atoms with Crippen molar-refractivity contribution in [3.8, 4) is 5.75 Å². The van der Waals surface area contributed by atoms with Crippen LogP contribution in [0.25, 0.3) is 0 Å². The van der Waals surface area contributed by atoms with Gasteiger partial charge in [0.1, 0.15) is 11.6 Å². The summed E-state index contributed by atoms with van der Waals surface area (Å²) >= 11 is 0. The van der Waals surface area contributed by atoms with E-state index in [2.05, 4.69) is 0 Å². The summed E-state index contributed by atoms with van der Waals surface area (Å²) in [4.78, 5) is 28.8. The Morgan fingerprint density at radius 2 is 1.56 bits per heavy atom. The van der Waals surface area contributed by atoms with Crippen molar-refractivity contribution in [2.45, 2.75) is 38.5 Å². The van der Waals surface area contributed by atoms with Gasteiger partial charge in [-0.1, -0.05) is 18.2 Å². The number of hydrogen-bond donors (Lipinski definition) is 0. The SMILES string of the molecule is O=C(Cc1ccccc1F)N1CCC(COc2ccc(C(=O)N3CCCCC3)cc2)CC1. The quantitative estimate of drug-likeness (QED) is 0.675. The first kappa shape index (κ1) is 22.3. The second-order valence-electron chi connectivity index (χ2n) is 8.78. The van der Waals surface area contributed by atoms with Crippen molar-refractivity contribution in [3.63, 3.8) is 0 Å². The first-order valence-corrected chi connectivity index (χ1v) is 11.6. The largest absolute Gasteiger partial charge is 0.493 e. The Hall–Kier alpha value is -2.89. The number of rotatable bonds is 6. The Bertz CT molecular complexity index is 917. The van der Waals surface area contributed by atoms with Crippen LogP contribution in [-0.2, 0) is 11.2 Å². The topological polar surface area (TPSA) is 49.9 Å². The summed E-state index contributed by atoms with van der Waals surface area (Å²) in [6.07, 6.45) is 5.22. The molecule has 2 aromatic rings. The lowest BCUT2D eigenvalue weighted by molar-refractivity contribution is -0.132. The van der Waals surface area contributed by atoms with Crippen molar-refractivity contribution in [1.82, 2.24) is 9.80 Å². The van der Waals surface area contributed by atoms with E-state index in [-0.39, 0.29) is 24.1 Å². The van der Waals surface area contributed by atoms with E-state index in [1.165, 1.54) is 12.5 Å². The molecule has 6 heteroatoms. The van der Waals surface area contributed by atoms with Crippen LogP contribution in [0.1, 0.15) is 48.0 Å². The molecule has 0 saturated carbocycles. The van der Waals surface area contributed by atoms with E-state index < -0.39 is 0 Å². The van der Waals surface area contributed by atoms with Gasteiger partial charge < -0.3 is 14.5 Å². The zero-order valence-electron chi connectivity index (χ0n) is 18.5. The molecule has 0 spiro atoms. The molecule has 2 heterocycles. The van der Waals surface area contributed by atoms with E-state index in [4.69, 9.17) is 4.74 Å². The van der Waals surface area contributed by atoms with Crippen LogP contribution in [0.5, 0.6) is 5.75 Å². The van der Waals surface area contributed by atoms with Gasteiger partial charge in [-0.3, -0.25) is 9.59 Å². The zero-order chi connectivity index (χ0) is 22.3. The molecule has 4 rings (SSSR count). The van der Waals surface area contributed by atoms with Gasteiger partial charge in [0.2, 0.25) is 5.91 Å². The van der Waals surface area contributed by atoms with E-state index in [9.17, 15) is 14.0 Å². The third-order valence-electron chi connectivity index (χ3n) is 6.50. The van der Waals surface area contributed by atoms with Crippen molar-refractivity contribution >= 4 is 11.8 Å². The van der Waals surface area contributed by atoms with Gasteiger partial charge in [0.25, 0.3) is 5.91 Å². The fraction of sp³-hybridized carbons (Fsp3) is 0.462. The molecule has 0 atom stereocenters. The monoisotopic (exact) mass is 438 g/mol. The molecule has 2 aromatic carbocycles. The van der Waals surface area contributed by atoms with Crippen LogP contribution >= 0.6 is 0 Å². The fourth-order valence-electron chi connectivity index (χ4n) is 4.45. The van der Waals surface area contributed by atoms with Crippen LogP contribution in [-0.4, -0.2) is 54.4 Å². The third-order valence-corrected chi connectivity index (χ3v) is 6.50. The predicted octanol–water partition coefficient (Wildman–Crippen LogP) is 4.31. The number of carbonyl (C=O) groups excluding carboxylic acids is 2. The summed E-state index contributed by atoms with van der Waals surface area (Å²) < 4.78 is 19.8. The maximum atomic E-state index is 13.8. The Balaban J connectivity index is 1.20. The highest BCUT2D eigenvalue weighted by Gasteiger charge is 2.24. The molecule has 0 N–H and O–H groups in total. The number of piperidine rings is 2. The number of carbonyl (C=O) groups is 2. The van der Waals surface area contributed by atoms with Gasteiger partial charge in [0.05, 0.1) is 13.0 Å². The smallest absolute Gasteiger partial charge is 0.253 e. The van der Waals surface area contributed by atoms with Crippen molar-refractivity contribution in [3.05, 3.63) is 65.5 Å². The maximum Gasteiger partial charge on any atom is 0.253 e. The average Bonchev–Trinajstić information content (AvgIpc) is 2.85. The molecule has 0 radical (unpaired) electrons. The van der Waals surface area contributed by atoms with Gasteiger partial charge in [0, 0.05) is 31.7 Å². The summed E-state index contributed by atoms with van der Waals surface area (Å²) in [5.41, 5.74) is 1.16. The number of halogens is 1. The van der Waals surface area contributed by atoms with Gasteiger partial charge in [-0.15, -0.1) is 0 Å². The van der Waals surface area contributed by atoms with Crippen LogP contribution in [0.3, 0.4) is 0 Å². The van der Waals surface area contributed by atoms with Crippen LogP contribution in [0.2, 0.25) is 0 Å². The summed E-state index contributed by atoms with van der Waals surface area (Å²) in [6.45, 7) is 3.63. The normalized spacial score (nSPS) is 17.3. The van der Waals surface area contributed by atoms with Crippen molar-refractivity contribution in [2.24, 2.45) is 5.92 Å². The molecule has 0 aliphatic carbocycles. The second-order valence-corrected chi connectivity index (χ2v) is 8.78. The van der Waals surface area contributed by atoms with Gasteiger partial charge in [-0.05, 0) is 73.9 Å². The molecule has 2 amide bonds. The molecule has 2 aliphatic heterocycles. The van der Waals surface area contributed by atoms with Crippen molar-refractivity contribution in [2.75, 3.05) is 32.8 Å². The molecule has 0 bridgehead atoms.